The molecule has 1 heterocycles. The average molecular weight is 412 g/mol. The highest BCUT2D eigenvalue weighted by atomic mass is 19.4. The molecule has 0 unspecified atom stereocenters. The molecule has 0 atom stereocenters. The Balaban J connectivity index is 2.26. The van der Waals surface area contributed by atoms with Gasteiger partial charge in [0.15, 0.2) is 5.69 Å². The third-order valence-electron chi connectivity index (χ3n) is 3.96. The molecular weight excluding hydrogens is 402 g/mol. The quantitative estimate of drug-likeness (QED) is 0.577. The van der Waals surface area contributed by atoms with Crippen LogP contribution in [0.1, 0.15) is 16.8 Å². The van der Waals surface area contributed by atoms with Crippen LogP contribution in [0.25, 0.3) is 16.9 Å². The van der Waals surface area contributed by atoms with Crippen molar-refractivity contribution in [1.29, 1.82) is 5.26 Å². The smallest absolute Gasteiger partial charge is 0.416 e. The fourth-order valence-corrected chi connectivity index (χ4v) is 2.61. The van der Waals surface area contributed by atoms with Crippen molar-refractivity contribution >= 4 is 0 Å². The number of methoxy groups -OCH3 is 1. The van der Waals surface area contributed by atoms with Gasteiger partial charge in [0, 0.05) is 5.56 Å². The summed E-state index contributed by atoms with van der Waals surface area (Å²) in [6, 6.07) is 8.76. The maximum atomic E-state index is 13.2. The highest BCUT2D eigenvalue weighted by Crippen LogP contribution is 2.38. The van der Waals surface area contributed by atoms with E-state index in [1.165, 1.54) is 31.4 Å². The first-order chi connectivity index (χ1) is 13.5. The summed E-state index contributed by atoms with van der Waals surface area (Å²) in [5.41, 5.74) is -3.55. The Bertz CT molecular complexity index is 1050. The number of rotatable bonds is 3. The van der Waals surface area contributed by atoms with Gasteiger partial charge in [0.25, 0.3) is 0 Å². The molecule has 0 spiro atoms. The molecule has 3 aromatic rings. The summed E-state index contributed by atoms with van der Waals surface area (Å²) in [6.07, 6.45) is -10.0. The topological polar surface area (TPSA) is 63.7 Å². The summed E-state index contributed by atoms with van der Waals surface area (Å²) in [4.78, 5) is 0. The number of nitriles is 1. The lowest BCUT2D eigenvalue weighted by molar-refractivity contribution is -0.143. The summed E-state index contributed by atoms with van der Waals surface area (Å²) in [7, 11) is 1.42. The molecule has 0 saturated carbocycles. The fourth-order valence-electron chi connectivity index (χ4n) is 2.61. The number of hydrogen-bond acceptors (Lipinski definition) is 4. The first-order valence-electron chi connectivity index (χ1n) is 7.84. The molecule has 0 aliphatic rings. The van der Waals surface area contributed by atoms with Crippen molar-refractivity contribution in [1.82, 2.24) is 15.0 Å². The Morgan fingerprint density at radius 1 is 0.931 bits per heavy atom. The summed E-state index contributed by atoms with van der Waals surface area (Å²) in [5, 5.41) is 16.4. The van der Waals surface area contributed by atoms with E-state index in [-0.39, 0.29) is 17.5 Å². The van der Waals surface area contributed by atoms with Crippen molar-refractivity contribution in [3.05, 3.63) is 59.3 Å². The molecule has 0 aliphatic carbocycles. The predicted molar refractivity (Wildman–Crippen MR) is 88.1 cm³/mol. The summed E-state index contributed by atoms with van der Waals surface area (Å²) < 4.78 is 84.7. The van der Waals surface area contributed by atoms with E-state index in [9.17, 15) is 31.6 Å². The highest BCUT2D eigenvalue weighted by molar-refractivity contribution is 5.68. The van der Waals surface area contributed by atoms with E-state index in [1.54, 1.807) is 6.07 Å². The highest BCUT2D eigenvalue weighted by Gasteiger charge is 2.37. The van der Waals surface area contributed by atoms with E-state index in [2.05, 4.69) is 10.3 Å². The molecule has 5 nitrogen and oxygen atoms in total. The number of nitrogens with zero attached hydrogens (tertiary/aromatic N) is 4. The zero-order valence-electron chi connectivity index (χ0n) is 14.5. The molecule has 2 aromatic carbocycles. The first-order valence-corrected chi connectivity index (χ1v) is 7.84. The lowest BCUT2D eigenvalue weighted by atomic mass is 10.1. The van der Waals surface area contributed by atoms with Gasteiger partial charge in [-0.1, -0.05) is 5.21 Å². The monoisotopic (exact) mass is 412 g/mol. The van der Waals surface area contributed by atoms with Crippen molar-refractivity contribution in [2.45, 2.75) is 12.4 Å². The van der Waals surface area contributed by atoms with Gasteiger partial charge in [0.1, 0.15) is 17.5 Å². The van der Waals surface area contributed by atoms with E-state index >= 15 is 0 Å². The number of alkyl halides is 6. The lowest BCUT2D eigenvalue weighted by Crippen LogP contribution is -2.13. The zero-order valence-corrected chi connectivity index (χ0v) is 14.5. The minimum atomic E-state index is -5.02. The van der Waals surface area contributed by atoms with Crippen LogP contribution in [0.4, 0.5) is 26.3 Å². The molecule has 11 heteroatoms. The van der Waals surface area contributed by atoms with Crippen LogP contribution in [0.15, 0.2) is 42.5 Å². The zero-order chi connectivity index (χ0) is 21.4. The fraction of sp³-hybridized carbons (Fsp3) is 0.167. The summed E-state index contributed by atoms with van der Waals surface area (Å²) in [5.74, 6) is 0.463. The first kappa shape index (κ1) is 20.2. The number of halogens is 6. The molecule has 0 bridgehead atoms. The molecule has 0 fully saturated rings. The molecule has 0 radical (unpaired) electrons. The molecule has 3 rings (SSSR count). The van der Waals surface area contributed by atoms with Crippen LogP contribution in [0.2, 0.25) is 0 Å². The Morgan fingerprint density at radius 3 is 1.93 bits per heavy atom. The molecule has 0 saturated heterocycles. The molecule has 0 N–H and O–H groups in total. The predicted octanol–water partition coefficient (Wildman–Crippen LogP) is 4.85. The third-order valence-corrected chi connectivity index (χ3v) is 3.96. The molecule has 1 aromatic heterocycles. The second-order valence-electron chi connectivity index (χ2n) is 5.80. The molecule has 29 heavy (non-hydrogen) atoms. The number of ether oxygens (including phenoxy) is 1. The van der Waals surface area contributed by atoms with Crippen molar-refractivity contribution in [3.8, 4) is 28.8 Å². The molecular formula is C18H10F6N4O. The van der Waals surface area contributed by atoms with Crippen LogP contribution in [-0.2, 0) is 12.4 Å². The van der Waals surface area contributed by atoms with Gasteiger partial charge >= 0.3 is 12.4 Å². The third kappa shape index (κ3) is 4.01. The normalized spacial score (nSPS) is 11.9. The molecule has 0 aliphatic heterocycles. The Labute approximate surface area is 159 Å². The van der Waals surface area contributed by atoms with E-state index in [1.807, 2.05) is 0 Å². The standard InChI is InChI=1S/C18H10F6N4O/c1-29-14-4-2-10(3-5-14)16-15(9-25)26-27-28(16)13-7-11(17(19,20)21)6-12(8-13)18(22,23)24/h2-8H,1H3. The Hall–Kier alpha value is -3.55. The SMILES string of the molecule is COc1ccc(-c2c(C#N)nnn2-c2cc(C(F)(F)F)cc(C(F)(F)F)c2)cc1. The van der Waals surface area contributed by atoms with Gasteiger partial charge in [0.2, 0.25) is 0 Å². The summed E-state index contributed by atoms with van der Waals surface area (Å²) in [6.45, 7) is 0. The van der Waals surface area contributed by atoms with Gasteiger partial charge in [-0.2, -0.15) is 31.6 Å². The van der Waals surface area contributed by atoms with Crippen molar-refractivity contribution in [3.63, 3.8) is 0 Å². The largest absolute Gasteiger partial charge is 0.497 e. The van der Waals surface area contributed by atoms with Gasteiger partial charge in [0.05, 0.1) is 23.9 Å². The second kappa shape index (κ2) is 7.12. The minimum Gasteiger partial charge on any atom is -0.497 e. The van der Waals surface area contributed by atoms with Crippen LogP contribution in [0.3, 0.4) is 0 Å². The van der Waals surface area contributed by atoms with Crippen LogP contribution in [0.5, 0.6) is 5.75 Å². The Kier molecular flexibility index (Phi) is 4.96. The maximum absolute atomic E-state index is 13.2. The maximum Gasteiger partial charge on any atom is 0.416 e. The van der Waals surface area contributed by atoms with Crippen LogP contribution >= 0.6 is 0 Å². The van der Waals surface area contributed by atoms with E-state index in [4.69, 9.17) is 4.74 Å². The molecule has 150 valence electrons. The van der Waals surface area contributed by atoms with E-state index in [0.29, 0.717) is 23.4 Å². The average Bonchev–Trinajstić information content (AvgIpc) is 3.10. The van der Waals surface area contributed by atoms with Gasteiger partial charge in [-0.3, -0.25) is 0 Å². The van der Waals surface area contributed by atoms with Crippen LogP contribution in [0, 0.1) is 11.3 Å². The number of aromatic nitrogens is 3. The van der Waals surface area contributed by atoms with Gasteiger partial charge in [-0.15, -0.1) is 5.10 Å². The van der Waals surface area contributed by atoms with Gasteiger partial charge < -0.3 is 4.74 Å². The van der Waals surface area contributed by atoms with Crippen LogP contribution < -0.4 is 4.74 Å². The summed E-state index contributed by atoms with van der Waals surface area (Å²) >= 11 is 0. The van der Waals surface area contributed by atoms with Crippen molar-refractivity contribution in [2.24, 2.45) is 0 Å². The van der Waals surface area contributed by atoms with E-state index < -0.39 is 29.2 Å². The second-order valence-corrected chi connectivity index (χ2v) is 5.80. The Morgan fingerprint density at radius 2 is 1.48 bits per heavy atom. The van der Waals surface area contributed by atoms with Crippen LogP contribution in [-0.4, -0.2) is 22.1 Å². The number of benzene rings is 2. The van der Waals surface area contributed by atoms with Crippen molar-refractivity contribution < 1.29 is 31.1 Å². The van der Waals surface area contributed by atoms with Gasteiger partial charge in [-0.25, -0.2) is 4.68 Å². The minimum absolute atomic E-state index is 0.0126. The lowest BCUT2D eigenvalue weighted by Gasteiger charge is -2.15. The van der Waals surface area contributed by atoms with Crippen molar-refractivity contribution in [2.75, 3.05) is 7.11 Å². The van der Waals surface area contributed by atoms with Gasteiger partial charge in [-0.05, 0) is 42.5 Å². The molecule has 0 amide bonds. The van der Waals surface area contributed by atoms with E-state index in [0.717, 1.165) is 4.68 Å². The number of hydrogen-bond donors (Lipinski definition) is 0.